The van der Waals surface area contributed by atoms with Crippen molar-refractivity contribution >= 4 is 17.5 Å². The van der Waals surface area contributed by atoms with Crippen LogP contribution in [0.3, 0.4) is 0 Å². The van der Waals surface area contributed by atoms with E-state index in [4.69, 9.17) is 10.5 Å². The lowest BCUT2D eigenvalue weighted by Crippen LogP contribution is -2.35. The summed E-state index contributed by atoms with van der Waals surface area (Å²) in [5.74, 6) is 0.196. The molecule has 1 aromatic rings. The average Bonchev–Trinajstić information content (AvgIpc) is 2.58. The van der Waals surface area contributed by atoms with Crippen molar-refractivity contribution in [3.05, 3.63) is 35.4 Å². The largest absolute Gasteiger partial charge is 0.492 e. The molecule has 0 unspecified atom stereocenters. The second kappa shape index (κ2) is 5.14. The van der Waals surface area contributed by atoms with Crippen LogP contribution in [0.1, 0.15) is 13.8 Å². The van der Waals surface area contributed by atoms with Crippen molar-refractivity contribution in [2.45, 2.75) is 13.8 Å². The second-order valence-corrected chi connectivity index (χ2v) is 4.43. The molecule has 5 heteroatoms. The molecule has 100 valence electrons. The van der Waals surface area contributed by atoms with Gasteiger partial charge in [0, 0.05) is 16.8 Å². The van der Waals surface area contributed by atoms with Gasteiger partial charge in [-0.15, -0.1) is 0 Å². The standard InChI is InChI=1S/C14H16N2O3/c1-9-10(2)14(18)16(13(9)17)7-8-19-12-5-3-11(15)4-6-12/h3-6H,7-8,15H2,1-2H3. The van der Waals surface area contributed by atoms with E-state index in [0.29, 0.717) is 22.6 Å². The van der Waals surface area contributed by atoms with Gasteiger partial charge in [-0.25, -0.2) is 0 Å². The molecular weight excluding hydrogens is 244 g/mol. The van der Waals surface area contributed by atoms with Gasteiger partial charge in [-0.3, -0.25) is 14.5 Å². The Morgan fingerprint density at radius 1 is 1.05 bits per heavy atom. The first-order valence-electron chi connectivity index (χ1n) is 6.02. The molecule has 2 rings (SSSR count). The number of hydrogen-bond donors (Lipinski definition) is 1. The number of carbonyl (C=O) groups excluding carboxylic acids is 2. The van der Waals surface area contributed by atoms with Crippen LogP contribution in [0, 0.1) is 0 Å². The van der Waals surface area contributed by atoms with E-state index in [9.17, 15) is 9.59 Å². The summed E-state index contributed by atoms with van der Waals surface area (Å²) in [4.78, 5) is 24.8. The third-order valence-corrected chi connectivity index (χ3v) is 3.16. The minimum absolute atomic E-state index is 0.233. The zero-order valence-electron chi connectivity index (χ0n) is 11.0. The summed E-state index contributed by atoms with van der Waals surface area (Å²) in [5, 5.41) is 0. The van der Waals surface area contributed by atoms with Crippen molar-refractivity contribution in [1.29, 1.82) is 0 Å². The lowest BCUT2D eigenvalue weighted by Gasteiger charge is -2.15. The maximum absolute atomic E-state index is 11.8. The van der Waals surface area contributed by atoms with E-state index in [1.54, 1.807) is 38.1 Å². The number of imide groups is 1. The normalized spacial score (nSPS) is 15.4. The first-order valence-corrected chi connectivity index (χ1v) is 6.02. The third kappa shape index (κ3) is 2.59. The first kappa shape index (κ1) is 13.1. The first-order chi connectivity index (χ1) is 9.00. The Kier molecular flexibility index (Phi) is 3.55. The van der Waals surface area contributed by atoms with Crippen molar-refractivity contribution < 1.29 is 14.3 Å². The molecule has 0 radical (unpaired) electrons. The predicted octanol–water partition coefficient (Wildman–Crippen LogP) is 1.35. The monoisotopic (exact) mass is 260 g/mol. The molecule has 1 aliphatic heterocycles. The lowest BCUT2D eigenvalue weighted by molar-refractivity contribution is -0.137. The number of rotatable bonds is 4. The van der Waals surface area contributed by atoms with Crippen LogP contribution in [0.2, 0.25) is 0 Å². The molecule has 0 aromatic heterocycles. The molecule has 0 fully saturated rings. The second-order valence-electron chi connectivity index (χ2n) is 4.43. The molecule has 1 heterocycles. The summed E-state index contributed by atoms with van der Waals surface area (Å²) in [6, 6.07) is 6.96. The molecule has 2 amide bonds. The van der Waals surface area contributed by atoms with Gasteiger partial charge >= 0.3 is 0 Å². The SMILES string of the molecule is CC1=C(C)C(=O)N(CCOc2ccc(N)cc2)C1=O. The fourth-order valence-corrected chi connectivity index (χ4v) is 1.84. The van der Waals surface area contributed by atoms with Crippen LogP contribution >= 0.6 is 0 Å². The van der Waals surface area contributed by atoms with Crippen LogP contribution in [0.25, 0.3) is 0 Å². The number of nitrogens with two attached hydrogens (primary N) is 1. The molecule has 5 nitrogen and oxygen atoms in total. The Hall–Kier alpha value is -2.30. The lowest BCUT2D eigenvalue weighted by atomic mass is 10.2. The van der Waals surface area contributed by atoms with Gasteiger partial charge in [-0.2, -0.15) is 0 Å². The van der Waals surface area contributed by atoms with Crippen molar-refractivity contribution in [2.24, 2.45) is 0 Å². The van der Waals surface area contributed by atoms with E-state index in [1.165, 1.54) is 4.90 Å². The van der Waals surface area contributed by atoms with Crippen molar-refractivity contribution in [3.63, 3.8) is 0 Å². The summed E-state index contributed by atoms with van der Waals surface area (Å²) < 4.78 is 5.47. The van der Waals surface area contributed by atoms with Crippen LogP contribution in [-0.2, 0) is 9.59 Å². The van der Waals surface area contributed by atoms with E-state index in [-0.39, 0.29) is 25.0 Å². The van der Waals surface area contributed by atoms with Gasteiger partial charge in [0.05, 0.1) is 6.54 Å². The van der Waals surface area contributed by atoms with E-state index in [0.717, 1.165) is 0 Å². The Bertz CT molecular complexity index is 522. The highest BCUT2D eigenvalue weighted by Crippen LogP contribution is 2.19. The summed E-state index contributed by atoms with van der Waals surface area (Å²) in [6.45, 7) is 3.84. The van der Waals surface area contributed by atoms with Gasteiger partial charge < -0.3 is 10.5 Å². The zero-order valence-corrected chi connectivity index (χ0v) is 11.0. The number of anilines is 1. The summed E-state index contributed by atoms with van der Waals surface area (Å²) >= 11 is 0. The average molecular weight is 260 g/mol. The summed E-state index contributed by atoms with van der Waals surface area (Å²) in [7, 11) is 0. The van der Waals surface area contributed by atoms with Crippen LogP contribution in [0.5, 0.6) is 5.75 Å². The number of ether oxygens (including phenoxy) is 1. The van der Waals surface area contributed by atoms with Gasteiger partial charge in [-0.05, 0) is 38.1 Å². The summed E-state index contributed by atoms with van der Waals surface area (Å²) in [6.07, 6.45) is 0. The zero-order chi connectivity index (χ0) is 14.0. The van der Waals surface area contributed by atoms with Crippen molar-refractivity contribution in [2.75, 3.05) is 18.9 Å². The fourth-order valence-electron chi connectivity index (χ4n) is 1.84. The highest BCUT2D eigenvalue weighted by molar-refractivity contribution is 6.18. The van der Waals surface area contributed by atoms with Gasteiger partial charge in [0.15, 0.2) is 0 Å². The molecule has 19 heavy (non-hydrogen) atoms. The Balaban J connectivity index is 1.89. The Labute approximate surface area is 111 Å². The molecule has 0 bridgehead atoms. The van der Waals surface area contributed by atoms with Crippen LogP contribution < -0.4 is 10.5 Å². The van der Waals surface area contributed by atoms with E-state index in [2.05, 4.69) is 0 Å². The number of carbonyl (C=O) groups is 2. The minimum Gasteiger partial charge on any atom is -0.492 e. The van der Waals surface area contributed by atoms with E-state index in [1.807, 2.05) is 0 Å². The predicted molar refractivity (Wildman–Crippen MR) is 71.4 cm³/mol. The van der Waals surface area contributed by atoms with Crippen LogP contribution in [0.15, 0.2) is 35.4 Å². The Morgan fingerprint density at radius 3 is 2.11 bits per heavy atom. The number of nitrogens with zero attached hydrogens (tertiary/aromatic N) is 1. The molecular formula is C14H16N2O3. The van der Waals surface area contributed by atoms with Gasteiger partial charge in [0.1, 0.15) is 12.4 Å². The molecule has 0 aliphatic carbocycles. The maximum Gasteiger partial charge on any atom is 0.256 e. The third-order valence-electron chi connectivity index (χ3n) is 3.16. The molecule has 0 saturated heterocycles. The van der Waals surface area contributed by atoms with Gasteiger partial charge in [-0.1, -0.05) is 0 Å². The molecule has 2 N–H and O–H groups in total. The Morgan fingerprint density at radius 2 is 1.58 bits per heavy atom. The highest BCUT2D eigenvalue weighted by atomic mass is 16.5. The van der Waals surface area contributed by atoms with Gasteiger partial charge in [0.25, 0.3) is 11.8 Å². The number of benzene rings is 1. The number of amides is 2. The summed E-state index contributed by atoms with van der Waals surface area (Å²) in [5.41, 5.74) is 7.25. The molecule has 1 aliphatic rings. The van der Waals surface area contributed by atoms with E-state index < -0.39 is 0 Å². The van der Waals surface area contributed by atoms with Crippen molar-refractivity contribution in [1.82, 2.24) is 4.90 Å². The topological polar surface area (TPSA) is 72.6 Å². The highest BCUT2D eigenvalue weighted by Gasteiger charge is 2.32. The van der Waals surface area contributed by atoms with Crippen LogP contribution in [0.4, 0.5) is 5.69 Å². The smallest absolute Gasteiger partial charge is 0.256 e. The number of hydrogen-bond acceptors (Lipinski definition) is 4. The maximum atomic E-state index is 11.8. The minimum atomic E-state index is -0.233. The van der Waals surface area contributed by atoms with Crippen molar-refractivity contribution in [3.8, 4) is 5.75 Å². The molecule has 0 spiro atoms. The molecule has 0 atom stereocenters. The number of nitrogen functional groups attached to an aromatic ring is 1. The fraction of sp³-hybridized carbons (Fsp3) is 0.286. The van der Waals surface area contributed by atoms with Gasteiger partial charge in [0.2, 0.25) is 0 Å². The molecule has 0 saturated carbocycles. The molecule has 1 aromatic carbocycles. The van der Waals surface area contributed by atoms with Crippen LogP contribution in [-0.4, -0.2) is 29.9 Å². The quantitative estimate of drug-likeness (QED) is 0.655. The van der Waals surface area contributed by atoms with E-state index >= 15 is 0 Å².